The highest BCUT2D eigenvalue weighted by molar-refractivity contribution is 6.34. The predicted octanol–water partition coefficient (Wildman–Crippen LogP) is 1.24. The molecule has 0 aliphatic heterocycles. The Morgan fingerprint density at radius 3 is 2.52 bits per heavy atom. The first kappa shape index (κ1) is 15.0. The topological polar surface area (TPSA) is 91.0 Å². The smallest absolute Gasteiger partial charge is 0.343 e. The number of halogens is 1. The zero-order chi connectivity index (χ0) is 15.6. The Morgan fingerprint density at radius 2 is 1.95 bits per heavy atom. The van der Waals surface area contributed by atoms with E-state index < -0.39 is 11.9 Å². The van der Waals surface area contributed by atoms with Gasteiger partial charge in [0, 0.05) is 14.1 Å². The predicted molar refractivity (Wildman–Crippen MR) is 75.3 cm³/mol. The summed E-state index contributed by atoms with van der Waals surface area (Å²) in [5, 5.41) is 10.6. The average molecular weight is 312 g/mol. The Hall–Kier alpha value is -2.35. The minimum absolute atomic E-state index is 0.172. The fourth-order valence-electron chi connectivity index (χ4n) is 1.78. The van der Waals surface area contributed by atoms with Crippen molar-refractivity contribution < 1.29 is 14.3 Å². The lowest BCUT2D eigenvalue weighted by Gasteiger charge is -2.08. The van der Waals surface area contributed by atoms with Crippen LogP contribution in [0.25, 0.3) is 0 Å². The fourth-order valence-corrected chi connectivity index (χ4v) is 2.03. The van der Waals surface area contributed by atoms with Crippen LogP contribution in [0.2, 0.25) is 5.02 Å². The molecule has 0 aliphatic carbocycles. The molecule has 21 heavy (non-hydrogen) atoms. The van der Waals surface area contributed by atoms with Crippen LogP contribution in [-0.2, 0) is 18.8 Å². The summed E-state index contributed by atoms with van der Waals surface area (Å²) in [7, 11) is 3.19. The first-order valence-corrected chi connectivity index (χ1v) is 6.51. The molecule has 1 N–H and O–H groups in total. The van der Waals surface area contributed by atoms with Crippen molar-refractivity contribution in [2.75, 3.05) is 11.9 Å². The first-order chi connectivity index (χ1) is 9.95. The van der Waals surface area contributed by atoms with Gasteiger partial charge in [0.1, 0.15) is 17.1 Å². The molecule has 2 aromatic rings. The van der Waals surface area contributed by atoms with E-state index >= 15 is 0 Å². The van der Waals surface area contributed by atoms with Crippen LogP contribution in [0.15, 0.2) is 12.4 Å². The van der Waals surface area contributed by atoms with Crippen LogP contribution in [0.4, 0.5) is 5.82 Å². The second-order valence-corrected chi connectivity index (χ2v) is 4.58. The van der Waals surface area contributed by atoms with E-state index in [-0.39, 0.29) is 28.7 Å². The lowest BCUT2D eigenvalue weighted by molar-refractivity contribution is 0.0527. The largest absolute Gasteiger partial charge is 0.462 e. The van der Waals surface area contributed by atoms with E-state index in [1.165, 1.54) is 21.8 Å². The van der Waals surface area contributed by atoms with Crippen molar-refractivity contribution in [2.45, 2.75) is 6.92 Å². The molecule has 0 radical (unpaired) electrons. The SMILES string of the molecule is CCOC(=O)c1cnn(C)c1NC(=O)c1c(Cl)cnn1C. The number of carbonyl (C=O) groups excluding carboxylic acids is 2. The van der Waals surface area contributed by atoms with Gasteiger partial charge >= 0.3 is 5.97 Å². The highest BCUT2D eigenvalue weighted by Crippen LogP contribution is 2.19. The molecule has 9 heteroatoms. The molecule has 1 amide bonds. The molecule has 2 aromatic heterocycles. The lowest BCUT2D eigenvalue weighted by atomic mass is 10.3. The van der Waals surface area contributed by atoms with E-state index in [1.54, 1.807) is 21.0 Å². The number of aromatic nitrogens is 4. The minimum Gasteiger partial charge on any atom is -0.462 e. The van der Waals surface area contributed by atoms with E-state index in [1.807, 2.05) is 0 Å². The van der Waals surface area contributed by atoms with Gasteiger partial charge < -0.3 is 10.1 Å². The number of hydrogen-bond acceptors (Lipinski definition) is 5. The van der Waals surface area contributed by atoms with Gasteiger partial charge in [0.2, 0.25) is 0 Å². The first-order valence-electron chi connectivity index (χ1n) is 6.13. The molecule has 0 saturated carbocycles. The van der Waals surface area contributed by atoms with Crippen molar-refractivity contribution in [3.05, 3.63) is 28.7 Å². The van der Waals surface area contributed by atoms with Crippen LogP contribution < -0.4 is 5.32 Å². The molecule has 2 rings (SSSR count). The average Bonchev–Trinajstić information content (AvgIpc) is 2.94. The van der Waals surface area contributed by atoms with E-state index in [0.29, 0.717) is 0 Å². The number of aryl methyl sites for hydroxylation is 2. The third-order valence-corrected chi connectivity index (χ3v) is 3.05. The summed E-state index contributed by atoms with van der Waals surface area (Å²) in [6.45, 7) is 1.93. The van der Waals surface area contributed by atoms with Gasteiger partial charge in [-0.05, 0) is 6.92 Å². The highest BCUT2D eigenvalue weighted by Gasteiger charge is 2.22. The number of anilines is 1. The third kappa shape index (κ3) is 2.89. The van der Waals surface area contributed by atoms with Crippen LogP contribution >= 0.6 is 11.6 Å². The van der Waals surface area contributed by atoms with Crippen LogP contribution in [-0.4, -0.2) is 38.0 Å². The van der Waals surface area contributed by atoms with Crippen LogP contribution in [0.3, 0.4) is 0 Å². The molecule has 0 unspecified atom stereocenters. The molecule has 0 aromatic carbocycles. The maximum absolute atomic E-state index is 12.3. The number of esters is 1. The number of nitrogens with zero attached hydrogens (tertiary/aromatic N) is 4. The van der Waals surface area contributed by atoms with Crippen molar-refractivity contribution in [1.82, 2.24) is 19.6 Å². The van der Waals surface area contributed by atoms with Crippen LogP contribution in [0, 0.1) is 0 Å². The van der Waals surface area contributed by atoms with E-state index in [0.717, 1.165) is 0 Å². The van der Waals surface area contributed by atoms with Gasteiger partial charge in [-0.2, -0.15) is 10.2 Å². The molecule has 0 aliphatic rings. The molecular formula is C12H14ClN5O3. The summed E-state index contributed by atoms with van der Waals surface area (Å²) in [6.07, 6.45) is 2.70. The maximum Gasteiger partial charge on any atom is 0.343 e. The number of amides is 1. The third-order valence-electron chi connectivity index (χ3n) is 2.78. The maximum atomic E-state index is 12.3. The fraction of sp³-hybridized carbons (Fsp3) is 0.333. The zero-order valence-electron chi connectivity index (χ0n) is 11.8. The van der Waals surface area contributed by atoms with Crippen LogP contribution in [0.5, 0.6) is 0 Å². The molecule has 0 spiro atoms. The summed E-state index contributed by atoms with van der Waals surface area (Å²) in [5.41, 5.74) is 0.360. The molecule has 0 saturated heterocycles. The van der Waals surface area contributed by atoms with Gasteiger partial charge in [-0.25, -0.2) is 4.79 Å². The van der Waals surface area contributed by atoms with Crippen molar-refractivity contribution in [2.24, 2.45) is 14.1 Å². The zero-order valence-corrected chi connectivity index (χ0v) is 12.5. The standard InChI is InChI=1S/C12H14ClN5O3/c1-4-21-12(20)7-5-14-18(3)10(7)16-11(19)9-8(13)6-15-17(9)2/h5-6H,4H2,1-3H3,(H,16,19). The molecule has 2 heterocycles. The molecule has 0 bridgehead atoms. The Morgan fingerprint density at radius 1 is 1.29 bits per heavy atom. The quantitative estimate of drug-likeness (QED) is 0.858. The molecule has 0 atom stereocenters. The number of carbonyl (C=O) groups is 2. The van der Waals surface area contributed by atoms with E-state index in [9.17, 15) is 9.59 Å². The van der Waals surface area contributed by atoms with Crippen molar-refractivity contribution in [3.63, 3.8) is 0 Å². The Bertz CT molecular complexity index is 672. The van der Waals surface area contributed by atoms with Gasteiger partial charge in [0.05, 0.1) is 24.0 Å². The Balaban J connectivity index is 2.30. The van der Waals surface area contributed by atoms with Gasteiger partial charge in [-0.15, -0.1) is 0 Å². The summed E-state index contributed by atoms with van der Waals surface area (Å²) >= 11 is 5.91. The highest BCUT2D eigenvalue weighted by atomic mass is 35.5. The summed E-state index contributed by atoms with van der Waals surface area (Å²) < 4.78 is 7.63. The summed E-state index contributed by atoms with van der Waals surface area (Å²) in [5.74, 6) is -0.818. The second kappa shape index (κ2) is 5.96. The van der Waals surface area contributed by atoms with E-state index in [4.69, 9.17) is 16.3 Å². The molecule has 0 fully saturated rings. The van der Waals surface area contributed by atoms with Crippen molar-refractivity contribution in [1.29, 1.82) is 0 Å². The van der Waals surface area contributed by atoms with E-state index in [2.05, 4.69) is 15.5 Å². The Labute approximate surface area is 125 Å². The molecule has 112 valence electrons. The Kier molecular flexibility index (Phi) is 4.27. The number of hydrogen-bond donors (Lipinski definition) is 1. The summed E-state index contributed by atoms with van der Waals surface area (Å²) in [6, 6.07) is 0. The summed E-state index contributed by atoms with van der Waals surface area (Å²) in [4.78, 5) is 24.1. The van der Waals surface area contributed by atoms with Crippen molar-refractivity contribution >= 4 is 29.3 Å². The second-order valence-electron chi connectivity index (χ2n) is 4.17. The normalized spacial score (nSPS) is 10.5. The van der Waals surface area contributed by atoms with Crippen molar-refractivity contribution in [3.8, 4) is 0 Å². The molecule has 8 nitrogen and oxygen atoms in total. The number of ether oxygens (including phenoxy) is 1. The number of nitrogens with one attached hydrogen (secondary N) is 1. The van der Waals surface area contributed by atoms with Gasteiger partial charge in [-0.3, -0.25) is 14.2 Å². The van der Waals surface area contributed by atoms with Gasteiger partial charge in [0.25, 0.3) is 5.91 Å². The molecular weight excluding hydrogens is 298 g/mol. The number of rotatable bonds is 4. The van der Waals surface area contributed by atoms with Crippen LogP contribution in [0.1, 0.15) is 27.8 Å². The lowest BCUT2D eigenvalue weighted by Crippen LogP contribution is -2.20. The van der Waals surface area contributed by atoms with Gasteiger partial charge in [-0.1, -0.05) is 11.6 Å². The van der Waals surface area contributed by atoms with Gasteiger partial charge in [0.15, 0.2) is 0 Å². The monoisotopic (exact) mass is 311 g/mol. The minimum atomic E-state index is -0.558.